The van der Waals surface area contributed by atoms with Gasteiger partial charge in [0.25, 0.3) is 0 Å². The first-order valence-electron chi connectivity index (χ1n) is 6.28. The van der Waals surface area contributed by atoms with Crippen molar-refractivity contribution in [2.75, 3.05) is 29.9 Å². The lowest BCUT2D eigenvalue weighted by atomic mass is 10.1. The molecule has 7 heteroatoms. The molecule has 0 unspecified atom stereocenters. The van der Waals surface area contributed by atoms with Crippen LogP contribution in [0.5, 0.6) is 5.75 Å². The van der Waals surface area contributed by atoms with Crippen LogP contribution in [0.15, 0.2) is 18.2 Å². The molecule has 20 heavy (non-hydrogen) atoms. The van der Waals surface area contributed by atoms with E-state index in [0.29, 0.717) is 23.7 Å². The Hall–Kier alpha value is -1.92. The van der Waals surface area contributed by atoms with Crippen LogP contribution in [0.3, 0.4) is 0 Å². The smallest absolute Gasteiger partial charge is 0.405 e. The van der Waals surface area contributed by atoms with E-state index in [2.05, 4.69) is 5.32 Å². The Kier molecular flexibility index (Phi) is 4.06. The van der Waals surface area contributed by atoms with Crippen LogP contribution in [-0.4, -0.2) is 31.8 Å². The van der Waals surface area contributed by atoms with E-state index in [1.54, 1.807) is 18.2 Å². The molecule has 0 radical (unpaired) electrons. The first kappa shape index (κ1) is 14.5. The van der Waals surface area contributed by atoms with Gasteiger partial charge in [0.15, 0.2) is 0 Å². The summed E-state index contributed by atoms with van der Waals surface area (Å²) in [7, 11) is 0. The first-order valence-corrected chi connectivity index (χ1v) is 6.28. The summed E-state index contributed by atoms with van der Waals surface area (Å²) in [5, 5.41) is 2.58. The second kappa shape index (κ2) is 5.60. The third-order valence-electron chi connectivity index (χ3n) is 2.78. The lowest BCUT2D eigenvalue weighted by Gasteiger charge is -2.32. The fourth-order valence-corrected chi connectivity index (χ4v) is 2.04. The standard InChI is InChI=1S/C13H15F3N2O2/c1-2-6-20-10-5-3-4-9-12(10)17-11(19)7-18(9)8-13(14,15)16/h3-5H,2,6-8H2,1H3,(H,17,19). The van der Waals surface area contributed by atoms with E-state index in [9.17, 15) is 18.0 Å². The number of fused-ring (bicyclic) bond motifs is 1. The highest BCUT2D eigenvalue weighted by molar-refractivity contribution is 6.03. The predicted octanol–water partition coefficient (Wildman–Crippen LogP) is 2.80. The van der Waals surface area contributed by atoms with E-state index in [-0.39, 0.29) is 6.54 Å². The van der Waals surface area contributed by atoms with Gasteiger partial charge in [-0.3, -0.25) is 4.79 Å². The second-order valence-corrected chi connectivity index (χ2v) is 4.52. The SMILES string of the molecule is CCCOc1cccc2c1NC(=O)CN2CC(F)(F)F. The zero-order valence-electron chi connectivity index (χ0n) is 11.0. The number of hydrogen-bond donors (Lipinski definition) is 1. The van der Waals surface area contributed by atoms with Crippen LogP contribution in [0.25, 0.3) is 0 Å². The summed E-state index contributed by atoms with van der Waals surface area (Å²) >= 11 is 0. The van der Waals surface area contributed by atoms with Gasteiger partial charge >= 0.3 is 6.18 Å². The lowest BCUT2D eigenvalue weighted by molar-refractivity contribution is -0.122. The van der Waals surface area contributed by atoms with Crippen molar-refractivity contribution < 1.29 is 22.7 Å². The van der Waals surface area contributed by atoms with E-state index in [4.69, 9.17) is 4.74 Å². The molecule has 0 bridgehead atoms. The summed E-state index contributed by atoms with van der Waals surface area (Å²) in [5.41, 5.74) is 0.636. The average Bonchev–Trinajstić information content (AvgIpc) is 2.34. The second-order valence-electron chi connectivity index (χ2n) is 4.52. The fourth-order valence-electron chi connectivity index (χ4n) is 2.04. The zero-order chi connectivity index (χ0) is 14.8. The van der Waals surface area contributed by atoms with E-state index in [0.717, 1.165) is 11.3 Å². The molecule has 0 aliphatic carbocycles. The van der Waals surface area contributed by atoms with Crippen LogP contribution < -0.4 is 15.0 Å². The Morgan fingerprint density at radius 1 is 1.40 bits per heavy atom. The third kappa shape index (κ3) is 3.34. The van der Waals surface area contributed by atoms with Crippen molar-refractivity contribution in [1.29, 1.82) is 0 Å². The van der Waals surface area contributed by atoms with Crippen molar-refractivity contribution in [3.63, 3.8) is 0 Å². The average molecular weight is 288 g/mol. The van der Waals surface area contributed by atoms with Crippen LogP contribution in [0, 0.1) is 0 Å². The maximum Gasteiger partial charge on any atom is 0.405 e. The van der Waals surface area contributed by atoms with E-state index in [1.165, 1.54) is 0 Å². The summed E-state index contributed by atoms with van der Waals surface area (Å²) in [6, 6.07) is 4.79. The van der Waals surface area contributed by atoms with Crippen molar-refractivity contribution in [2.24, 2.45) is 0 Å². The topological polar surface area (TPSA) is 41.6 Å². The van der Waals surface area contributed by atoms with Crippen molar-refractivity contribution in [3.8, 4) is 5.75 Å². The van der Waals surface area contributed by atoms with Crippen molar-refractivity contribution in [3.05, 3.63) is 18.2 Å². The van der Waals surface area contributed by atoms with Gasteiger partial charge in [-0.2, -0.15) is 13.2 Å². The number of para-hydroxylation sites is 1. The van der Waals surface area contributed by atoms with Crippen molar-refractivity contribution in [1.82, 2.24) is 0 Å². The van der Waals surface area contributed by atoms with Crippen LogP contribution in [-0.2, 0) is 4.79 Å². The quantitative estimate of drug-likeness (QED) is 0.926. The molecule has 0 aromatic heterocycles. The molecule has 0 saturated carbocycles. The van der Waals surface area contributed by atoms with Crippen LogP contribution in [0.4, 0.5) is 24.5 Å². The minimum Gasteiger partial charge on any atom is -0.491 e. The molecule has 2 rings (SSSR count). The third-order valence-corrected chi connectivity index (χ3v) is 2.78. The summed E-state index contributed by atoms with van der Waals surface area (Å²) in [6.45, 7) is 0.879. The zero-order valence-corrected chi connectivity index (χ0v) is 11.0. The Bertz CT molecular complexity index is 503. The van der Waals surface area contributed by atoms with E-state index >= 15 is 0 Å². The van der Waals surface area contributed by atoms with Gasteiger partial charge in [-0.05, 0) is 18.6 Å². The molecule has 1 aliphatic rings. The number of amides is 1. The monoisotopic (exact) mass is 288 g/mol. The minimum atomic E-state index is -4.37. The van der Waals surface area contributed by atoms with Gasteiger partial charge in [-0.1, -0.05) is 13.0 Å². The number of carbonyl (C=O) groups is 1. The van der Waals surface area contributed by atoms with Gasteiger partial charge in [0.2, 0.25) is 5.91 Å². The van der Waals surface area contributed by atoms with Gasteiger partial charge in [0, 0.05) is 0 Å². The number of nitrogens with zero attached hydrogens (tertiary/aromatic N) is 1. The molecule has 1 N–H and O–H groups in total. The van der Waals surface area contributed by atoms with Crippen LogP contribution in [0.1, 0.15) is 13.3 Å². The van der Waals surface area contributed by atoms with Crippen molar-refractivity contribution >= 4 is 17.3 Å². The van der Waals surface area contributed by atoms with Gasteiger partial charge in [0.05, 0.1) is 18.8 Å². The molecule has 0 fully saturated rings. The molecule has 1 aromatic rings. The summed E-state index contributed by atoms with van der Waals surface area (Å²) in [6.07, 6.45) is -3.60. The van der Waals surface area contributed by atoms with Crippen LogP contribution >= 0.6 is 0 Å². The molecule has 0 spiro atoms. The normalized spacial score (nSPS) is 14.8. The molecule has 1 aliphatic heterocycles. The number of anilines is 2. The highest BCUT2D eigenvalue weighted by Gasteiger charge is 2.35. The number of rotatable bonds is 4. The van der Waals surface area contributed by atoms with Crippen molar-refractivity contribution in [2.45, 2.75) is 19.5 Å². The Morgan fingerprint density at radius 3 is 2.80 bits per heavy atom. The molecule has 1 heterocycles. The molecular formula is C13H15F3N2O2. The maximum absolute atomic E-state index is 12.6. The van der Waals surface area contributed by atoms with Gasteiger partial charge < -0.3 is 15.0 Å². The predicted molar refractivity (Wildman–Crippen MR) is 69.1 cm³/mol. The maximum atomic E-state index is 12.6. The summed E-state index contributed by atoms with van der Waals surface area (Å²) in [4.78, 5) is 12.6. The number of nitrogens with one attached hydrogen (secondary N) is 1. The molecule has 110 valence electrons. The molecule has 4 nitrogen and oxygen atoms in total. The molecule has 0 saturated heterocycles. The van der Waals surface area contributed by atoms with Gasteiger partial charge in [-0.25, -0.2) is 0 Å². The van der Waals surface area contributed by atoms with Gasteiger partial charge in [-0.15, -0.1) is 0 Å². The number of carbonyl (C=O) groups excluding carboxylic acids is 1. The summed E-state index contributed by atoms with van der Waals surface area (Å²) in [5.74, 6) is -0.0844. The van der Waals surface area contributed by atoms with Gasteiger partial charge in [0.1, 0.15) is 18.0 Å². The van der Waals surface area contributed by atoms with E-state index in [1.807, 2.05) is 6.92 Å². The molecule has 0 atom stereocenters. The largest absolute Gasteiger partial charge is 0.491 e. The number of halogens is 3. The summed E-state index contributed by atoms with van der Waals surface area (Å²) < 4.78 is 43.1. The highest BCUT2D eigenvalue weighted by Crippen LogP contribution is 2.38. The van der Waals surface area contributed by atoms with Crippen LogP contribution in [0.2, 0.25) is 0 Å². The fraction of sp³-hybridized carbons (Fsp3) is 0.462. The lowest BCUT2D eigenvalue weighted by Crippen LogP contribution is -2.43. The highest BCUT2D eigenvalue weighted by atomic mass is 19.4. The first-order chi connectivity index (χ1) is 9.40. The Balaban J connectivity index is 2.32. The number of hydrogen-bond acceptors (Lipinski definition) is 3. The Labute approximate surface area is 114 Å². The van der Waals surface area contributed by atoms with E-state index < -0.39 is 18.6 Å². The molecule has 1 amide bonds. The Morgan fingerprint density at radius 2 is 2.15 bits per heavy atom. The number of alkyl halides is 3. The minimum absolute atomic E-state index is 0.307. The molecule has 1 aromatic carbocycles. The number of benzene rings is 1. The molecular weight excluding hydrogens is 273 g/mol. The number of ether oxygens (including phenoxy) is 1.